The van der Waals surface area contributed by atoms with Crippen molar-refractivity contribution in [2.24, 2.45) is 0 Å². The van der Waals surface area contributed by atoms with E-state index in [1.807, 2.05) is 19.1 Å². The van der Waals surface area contributed by atoms with Crippen LogP contribution in [-0.2, 0) is 12.0 Å². The fourth-order valence-corrected chi connectivity index (χ4v) is 3.22. The molecule has 0 spiro atoms. The number of benzene rings is 2. The molecule has 1 aliphatic rings. The van der Waals surface area contributed by atoms with Gasteiger partial charge in [0.25, 0.3) is 0 Å². The summed E-state index contributed by atoms with van der Waals surface area (Å²) in [5.41, 5.74) is 2.73. The van der Waals surface area contributed by atoms with Crippen LogP contribution < -0.4 is 0 Å². The van der Waals surface area contributed by atoms with Gasteiger partial charge in [0.05, 0.1) is 5.60 Å². The largest absolute Gasteiger partial charge is 0.385 e. The summed E-state index contributed by atoms with van der Waals surface area (Å²) in [4.78, 5) is 0. The van der Waals surface area contributed by atoms with Gasteiger partial charge in [0, 0.05) is 10.9 Å². The summed E-state index contributed by atoms with van der Waals surface area (Å²) in [5, 5.41) is 10.8. The van der Waals surface area contributed by atoms with E-state index in [-0.39, 0.29) is 0 Å². The van der Waals surface area contributed by atoms with Gasteiger partial charge in [-0.1, -0.05) is 58.7 Å². The molecule has 2 aromatic rings. The van der Waals surface area contributed by atoms with Crippen LogP contribution in [0.2, 0.25) is 0 Å². The topological polar surface area (TPSA) is 20.2 Å². The summed E-state index contributed by atoms with van der Waals surface area (Å²) in [7, 11) is 0. The molecule has 2 heteroatoms. The molecule has 0 heterocycles. The van der Waals surface area contributed by atoms with Crippen LogP contribution in [0.25, 0.3) is 0 Å². The maximum Gasteiger partial charge on any atom is 0.0908 e. The molecule has 0 amide bonds. The number of rotatable bonds is 4. The summed E-state index contributed by atoms with van der Waals surface area (Å²) in [6.07, 6.45) is 4.61. The highest BCUT2D eigenvalue weighted by Gasteiger charge is 2.25. The van der Waals surface area contributed by atoms with Gasteiger partial charge in [-0.15, -0.1) is 0 Å². The molecule has 21 heavy (non-hydrogen) atoms. The van der Waals surface area contributed by atoms with Gasteiger partial charge in [0.1, 0.15) is 0 Å². The normalized spacial score (nSPS) is 18.0. The monoisotopic (exact) mass is 344 g/mol. The lowest BCUT2D eigenvalue weighted by atomic mass is 9.79. The van der Waals surface area contributed by atoms with Crippen LogP contribution in [0.4, 0.5) is 0 Å². The third-order valence-electron chi connectivity index (χ3n) is 4.57. The molecule has 0 radical (unpaired) electrons. The van der Waals surface area contributed by atoms with Gasteiger partial charge in [-0.25, -0.2) is 0 Å². The highest BCUT2D eigenvalue weighted by Crippen LogP contribution is 2.37. The maximum absolute atomic E-state index is 10.8. The summed E-state index contributed by atoms with van der Waals surface area (Å²) in [6.45, 7) is 1.90. The second-order valence-electron chi connectivity index (χ2n) is 6.33. The molecular formula is C19H21BrO. The summed E-state index contributed by atoms with van der Waals surface area (Å²) in [6, 6.07) is 16.7. The minimum absolute atomic E-state index is 0.628. The zero-order valence-corrected chi connectivity index (χ0v) is 13.9. The van der Waals surface area contributed by atoms with Crippen molar-refractivity contribution < 1.29 is 5.11 Å². The van der Waals surface area contributed by atoms with Crippen molar-refractivity contribution in [3.63, 3.8) is 0 Å². The van der Waals surface area contributed by atoms with Crippen molar-refractivity contribution >= 4 is 15.9 Å². The minimum atomic E-state index is -0.827. The van der Waals surface area contributed by atoms with Gasteiger partial charge in [-0.2, -0.15) is 0 Å². The minimum Gasteiger partial charge on any atom is -0.385 e. The maximum atomic E-state index is 10.8. The van der Waals surface area contributed by atoms with E-state index in [1.54, 1.807) is 0 Å². The molecule has 1 nitrogen and oxygen atoms in total. The van der Waals surface area contributed by atoms with E-state index in [0.29, 0.717) is 6.42 Å². The van der Waals surface area contributed by atoms with Crippen LogP contribution in [0.3, 0.4) is 0 Å². The smallest absolute Gasteiger partial charge is 0.0908 e. The Morgan fingerprint density at radius 2 is 1.67 bits per heavy atom. The zero-order chi connectivity index (χ0) is 14.9. The van der Waals surface area contributed by atoms with Gasteiger partial charge < -0.3 is 5.11 Å². The summed E-state index contributed by atoms with van der Waals surface area (Å²) < 4.78 is 1.07. The lowest BCUT2D eigenvalue weighted by Gasteiger charge is -2.28. The van der Waals surface area contributed by atoms with Gasteiger partial charge in [0.2, 0.25) is 0 Å². The quantitative estimate of drug-likeness (QED) is 0.811. The van der Waals surface area contributed by atoms with Crippen molar-refractivity contribution in [2.45, 2.75) is 44.1 Å². The van der Waals surface area contributed by atoms with Crippen LogP contribution in [0.15, 0.2) is 53.0 Å². The standard InChI is InChI=1S/C19H21BrO/c1-19(21,13-14-5-11-18(20)12-6-14)17-9-7-16(8-10-17)15-3-2-4-15/h5-12,15,21H,2-4,13H2,1H3. The Morgan fingerprint density at radius 3 is 2.19 bits per heavy atom. The Bertz CT molecular complexity index is 594. The Labute approximate surface area is 135 Å². The van der Waals surface area contributed by atoms with Crippen molar-refractivity contribution in [3.05, 3.63) is 69.7 Å². The first-order chi connectivity index (χ1) is 10.0. The van der Waals surface area contributed by atoms with E-state index < -0.39 is 5.60 Å². The zero-order valence-electron chi connectivity index (χ0n) is 12.3. The van der Waals surface area contributed by atoms with E-state index in [9.17, 15) is 5.11 Å². The third-order valence-corrected chi connectivity index (χ3v) is 5.10. The molecule has 2 aromatic carbocycles. The predicted molar refractivity (Wildman–Crippen MR) is 90.5 cm³/mol. The van der Waals surface area contributed by atoms with Gasteiger partial charge in [-0.3, -0.25) is 0 Å². The average molecular weight is 345 g/mol. The van der Waals surface area contributed by atoms with Crippen molar-refractivity contribution in [3.8, 4) is 0 Å². The molecule has 0 bridgehead atoms. The molecule has 0 aliphatic heterocycles. The van der Waals surface area contributed by atoms with Crippen molar-refractivity contribution in [1.82, 2.24) is 0 Å². The number of aliphatic hydroxyl groups is 1. The molecule has 1 atom stereocenters. The third kappa shape index (κ3) is 3.38. The SMILES string of the molecule is CC(O)(Cc1ccc(Br)cc1)c1ccc(C2CCC2)cc1. The Hall–Kier alpha value is -1.12. The highest BCUT2D eigenvalue weighted by atomic mass is 79.9. The van der Waals surface area contributed by atoms with Crippen LogP contribution >= 0.6 is 15.9 Å². The average Bonchev–Trinajstić information content (AvgIpc) is 2.40. The number of halogens is 1. The van der Waals surface area contributed by atoms with Crippen LogP contribution in [-0.4, -0.2) is 5.11 Å². The molecule has 1 unspecified atom stereocenters. The molecule has 110 valence electrons. The number of hydrogen-bond acceptors (Lipinski definition) is 1. The fraction of sp³-hybridized carbons (Fsp3) is 0.368. The van der Waals surface area contributed by atoms with E-state index in [4.69, 9.17) is 0 Å². The molecular weight excluding hydrogens is 324 g/mol. The molecule has 0 aromatic heterocycles. The molecule has 3 rings (SSSR count). The summed E-state index contributed by atoms with van der Waals surface area (Å²) in [5.74, 6) is 0.746. The summed E-state index contributed by atoms with van der Waals surface area (Å²) >= 11 is 3.44. The van der Waals surface area contributed by atoms with E-state index in [0.717, 1.165) is 21.5 Å². The predicted octanol–water partition coefficient (Wildman–Crippen LogP) is 5.17. The van der Waals surface area contributed by atoms with Crippen LogP contribution in [0, 0.1) is 0 Å². The Balaban J connectivity index is 1.75. The van der Waals surface area contributed by atoms with Crippen LogP contribution in [0.5, 0.6) is 0 Å². The van der Waals surface area contributed by atoms with Crippen molar-refractivity contribution in [1.29, 1.82) is 0 Å². The van der Waals surface area contributed by atoms with Gasteiger partial charge in [-0.05, 0) is 54.5 Å². The number of hydrogen-bond donors (Lipinski definition) is 1. The first kappa shape index (κ1) is 14.8. The second kappa shape index (κ2) is 5.94. The Morgan fingerprint density at radius 1 is 1.05 bits per heavy atom. The second-order valence-corrected chi connectivity index (χ2v) is 7.24. The molecule has 1 aliphatic carbocycles. The lowest BCUT2D eigenvalue weighted by molar-refractivity contribution is 0.0576. The first-order valence-electron chi connectivity index (χ1n) is 7.62. The van der Waals surface area contributed by atoms with Gasteiger partial charge in [0.15, 0.2) is 0 Å². The molecule has 1 fully saturated rings. The van der Waals surface area contributed by atoms with Crippen LogP contribution in [0.1, 0.15) is 48.8 Å². The van der Waals surface area contributed by atoms with E-state index >= 15 is 0 Å². The molecule has 1 saturated carbocycles. The molecule has 0 saturated heterocycles. The fourth-order valence-electron chi connectivity index (χ4n) is 2.96. The highest BCUT2D eigenvalue weighted by molar-refractivity contribution is 9.10. The molecule has 1 N–H and O–H groups in total. The van der Waals surface area contributed by atoms with Gasteiger partial charge >= 0.3 is 0 Å². The Kier molecular flexibility index (Phi) is 4.19. The van der Waals surface area contributed by atoms with E-state index in [2.05, 4.69) is 52.3 Å². The first-order valence-corrected chi connectivity index (χ1v) is 8.41. The lowest BCUT2D eigenvalue weighted by Crippen LogP contribution is -2.24. The van der Waals surface area contributed by atoms with E-state index in [1.165, 1.54) is 24.8 Å². The van der Waals surface area contributed by atoms with Crippen molar-refractivity contribution in [2.75, 3.05) is 0 Å².